The summed E-state index contributed by atoms with van der Waals surface area (Å²) in [6, 6.07) is 8.80. The Kier molecular flexibility index (Phi) is 9.21. The fourth-order valence-electron chi connectivity index (χ4n) is 3.21. The Balaban J connectivity index is 0.00000363. The summed E-state index contributed by atoms with van der Waals surface area (Å²) >= 11 is 1.42. The summed E-state index contributed by atoms with van der Waals surface area (Å²) in [5, 5.41) is 14.2. The molecule has 0 radical (unpaired) electrons. The van der Waals surface area contributed by atoms with Crippen LogP contribution < -0.4 is 10.6 Å². The molecule has 0 saturated heterocycles. The van der Waals surface area contributed by atoms with Gasteiger partial charge in [0.05, 0.1) is 12.5 Å². The Labute approximate surface area is 212 Å². The predicted molar refractivity (Wildman–Crippen MR) is 123 cm³/mol. The topological polar surface area (TPSA) is 116 Å². The van der Waals surface area contributed by atoms with Crippen LogP contribution in [-0.2, 0) is 20.8 Å². The number of rotatable bonds is 7. The first-order valence-corrected chi connectivity index (χ1v) is 10.5. The van der Waals surface area contributed by atoms with E-state index in [1.54, 1.807) is 6.07 Å². The van der Waals surface area contributed by atoms with Gasteiger partial charge >= 0.3 is 41.6 Å². The third kappa shape index (κ3) is 6.52. The number of hydrogen-bond donors (Lipinski definition) is 3. The Hall–Kier alpha value is -2.46. The van der Waals surface area contributed by atoms with Crippen LogP contribution in [0.3, 0.4) is 0 Å². The van der Waals surface area contributed by atoms with E-state index in [0.717, 1.165) is 10.4 Å². The van der Waals surface area contributed by atoms with Crippen molar-refractivity contribution in [2.24, 2.45) is 0 Å². The van der Waals surface area contributed by atoms with Crippen molar-refractivity contribution in [3.8, 4) is 0 Å². The number of carbonyl (C=O) groups is 4. The second kappa shape index (κ2) is 11.4. The number of benzene rings is 1. The van der Waals surface area contributed by atoms with Crippen molar-refractivity contribution in [2.75, 3.05) is 7.05 Å². The molecule has 2 atom stereocenters. The number of aliphatic carboxylic acids is 1. The number of thiophene rings is 1. The fraction of sp³-hybridized carbons (Fsp3) is 0.273. The van der Waals surface area contributed by atoms with E-state index in [1.165, 1.54) is 41.1 Å². The third-order valence-corrected chi connectivity index (χ3v) is 6.15. The predicted octanol–water partition coefficient (Wildman–Crippen LogP) is 1.74. The number of nitrogens with zero attached hydrogens (tertiary/aromatic N) is 1. The molecule has 1 aromatic heterocycles. The van der Waals surface area contributed by atoms with Gasteiger partial charge in [-0.15, -0.1) is 11.3 Å². The molecular formula is C22H24N3NaO5S. The van der Waals surface area contributed by atoms with E-state index in [0.29, 0.717) is 11.3 Å². The van der Waals surface area contributed by atoms with Crippen molar-refractivity contribution in [3.05, 3.63) is 69.6 Å². The number of carbonyl (C=O) groups excluding carboxylic acids is 3. The van der Waals surface area contributed by atoms with Gasteiger partial charge in [0, 0.05) is 35.5 Å². The summed E-state index contributed by atoms with van der Waals surface area (Å²) in [7, 11) is 1.48. The average molecular weight is 466 g/mol. The number of hydrogen-bond acceptors (Lipinski definition) is 5. The molecule has 8 nitrogen and oxygen atoms in total. The van der Waals surface area contributed by atoms with Gasteiger partial charge in [-0.25, -0.2) is 4.79 Å². The molecule has 2 aromatic rings. The molecule has 0 fully saturated rings. The first-order chi connectivity index (χ1) is 14.7. The molecule has 0 spiro atoms. The summed E-state index contributed by atoms with van der Waals surface area (Å²) in [5.41, 5.74) is 2.33. The standard InChI is InChI=1S/C22H23N3O5S.Na.H/c1-13-5-3-4-6-14(13)11-15-7-8-18(31-15)16(12-19(27)28)23-22(30)24-20-17(26)9-10-25(2)21(20)29;;/h3-10,16,20H,11-12H2,1-2H3,(H,27,28)(H2,23,24,30);;. The van der Waals surface area contributed by atoms with Gasteiger partial charge in [0.1, 0.15) is 0 Å². The van der Waals surface area contributed by atoms with Crippen molar-refractivity contribution in [1.29, 1.82) is 0 Å². The average Bonchev–Trinajstić information content (AvgIpc) is 3.18. The van der Waals surface area contributed by atoms with E-state index in [2.05, 4.69) is 10.6 Å². The van der Waals surface area contributed by atoms with Gasteiger partial charge in [-0.2, -0.15) is 0 Å². The molecule has 0 aliphatic carbocycles. The summed E-state index contributed by atoms with van der Waals surface area (Å²) in [4.78, 5) is 50.8. The van der Waals surface area contributed by atoms with Crippen LogP contribution in [-0.4, -0.2) is 76.3 Å². The van der Waals surface area contributed by atoms with Crippen molar-refractivity contribution < 1.29 is 24.3 Å². The molecule has 10 heteroatoms. The number of carboxylic acid groups (broad SMARTS) is 1. The molecule has 0 saturated carbocycles. The van der Waals surface area contributed by atoms with Crippen LogP contribution in [0.25, 0.3) is 0 Å². The van der Waals surface area contributed by atoms with Crippen molar-refractivity contribution in [1.82, 2.24) is 15.5 Å². The van der Waals surface area contributed by atoms with Crippen LogP contribution in [0.4, 0.5) is 4.79 Å². The number of urea groups is 1. The second-order valence-corrected chi connectivity index (χ2v) is 8.48. The normalized spacial score (nSPS) is 16.3. The molecule has 1 aliphatic rings. The third-order valence-electron chi connectivity index (χ3n) is 4.95. The van der Waals surface area contributed by atoms with Crippen LogP contribution >= 0.6 is 11.3 Å². The fourth-order valence-corrected chi connectivity index (χ4v) is 4.30. The first-order valence-electron chi connectivity index (χ1n) is 9.65. The zero-order valence-electron chi connectivity index (χ0n) is 17.1. The minimum atomic E-state index is -1.33. The Bertz CT molecular complexity index is 1050. The van der Waals surface area contributed by atoms with Gasteiger partial charge in [-0.1, -0.05) is 24.3 Å². The van der Waals surface area contributed by atoms with E-state index in [4.69, 9.17) is 0 Å². The van der Waals surface area contributed by atoms with Gasteiger partial charge in [0.25, 0.3) is 5.91 Å². The van der Waals surface area contributed by atoms with E-state index in [1.807, 2.05) is 37.3 Å². The molecule has 164 valence electrons. The molecular weight excluding hydrogens is 441 g/mol. The number of likely N-dealkylation sites (N-methyl/N-ethyl adjacent to an activating group) is 1. The molecule has 2 unspecified atom stereocenters. The van der Waals surface area contributed by atoms with Crippen LogP contribution in [0.5, 0.6) is 0 Å². The molecule has 1 aliphatic heterocycles. The van der Waals surface area contributed by atoms with E-state index in [-0.39, 0.29) is 36.0 Å². The van der Waals surface area contributed by atoms with Crippen molar-refractivity contribution in [2.45, 2.75) is 31.8 Å². The van der Waals surface area contributed by atoms with Gasteiger partial charge < -0.3 is 20.6 Å². The van der Waals surface area contributed by atoms with E-state index < -0.39 is 35.8 Å². The number of nitrogens with one attached hydrogen (secondary N) is 2. The van der Waals surface area contributed by atoms with Crippen LogP contribution in [0.1, 0.15) is 33.3 Å². The molecule has 32 heavy (non-hydrogen) atoms. The Morgan fingerprint density at radius 1 is 1.19 bits per heavy atom. The quantitative estimate of drug-likeness (QED) is 0.426. The van der Waals surface area contributed by atoms with Gasteiger partial charge in [-0.05, 0) is 30.2 Å². The van der Waals surface area contributed by atoms with Gasteiger partial charge in [-0.3, -0.25) is 14.4 Å². The number of aryl methyl sites for hydroxylation is 1. The van der Waals surface area contributed by atoms with Crippen LogP contribution in [0.15, 0.2) is 48.7 Å². The molecule has 3 rings (SSSR count). The summed E-state index contributed by atoms with van der Waals surface area (Å²) in [5.74, 6) is -2.18. The first kappa shape index (κ1) is 25.8. The summed E-state index contributed by atoms with van der Waals surface area (Å²) in [6.45, 7) is 2.03. The number of carboxylic acids is 1. The van der Waals surface area contributed by atoms with Gasteiger partial charge in [0.15, 0.2) is 11.8 Å². The van der Waals surface area contributed by atoms with Gasteiger partial charge in [0.2, 0.25) is 0 Å². The SMILES string of the molecule is Cc1ccccc1Cc1ccc(C(CC(=O)O)NC(=O)NC2C(=O)C=CN(C)C2=O)s1.[NaH]. The molecule has 0 bridgehead atoms. The van der Waals surface area contributed by atoms with Crippen molar-refractivity contribution >= 4 is 64.6 Å². The van der Waals surface area contributed by atoms with E-state index >= 15 is 0 Å². The Morgan fingerprint density at radius 2 is 1.91 bits per heavy atom. The number of amides is 3. The molecule has 3 N–H and O–H groups in total. The summed E-state index contributed by atoms with van der Waals surface area (Å²) in [6.07, 6.45) is 2.91. The zero-order chi connectivity index (χ0) is 22.5. The Morgan fingerprint density at radius 3 is 2.59 bits per heavy atom. The molecule has 2 heterocycles. The summed E-state index contributed by atoms with van der Waals surface area (Å²) < 4.78 is 0. The minimum absolute atomic E-state index is 0. The molecule has 3 amide bonds. The monoisotopic (exact) mass is 465 g/mol. The maximum atomic E-state index is 12.5. The zero-order valence-corrected chi connectivity index (χ0v) is 17.9. The van der Waals surface area contributed by atoms with Crippen molar-refractivity contribution in [3.63, 3.8) is 0 Å². The maximum absolute atomic E-state index is 12.5. The van der Waals surface area contributed by atoms with Crippen LogP contribution in [0, 0.1) is 6.92 Å². The molecule has 1 aromatic carbocycles. The van der Waals surface area contributed by atoms with E-state index in [9.17, 15) is 24.3 Å². The number of ketones is 1. The second-order valence-electron chi connectivity index (χ2n) is 7.28. The van der Waals surface area contributed by atoms with Crippen LogP contribution in [0.2, 0.25) is 0 Å².